The molecule has 19 heavy (non-hydrogen) atoms. The van der Waals surface area contributed by atoms with Crippen LogP contribution < -0.4 is 11.1 Å². The summed E-state index contributed by atoms with van der Waals surface area (Å²) in [4.78, 5) is 24.1. The summed E-state index contributed by atoms with van der Waals surface area (Å²) in [6.07, 6.45) is -0.493. The summed E-state index contributed by atoms with van der Waals surface area (Å²) in [6, 6.07) is 8.49. The van der Waals surface area contributed by atoms with Crippen LogP contribution in [-0.4, -0.2) is 47.2 Å². The van der Waals surface area contributed by atoms with Gasteiger partial charge in [-0.25, -0.2) is 4.79 Å². The predicted octanol–water partition coefficient (Wildman–Crippen LogP) is 0.0348. The zero-order chi connectivity index (χ0) is 13.8. The molecule has 4 N–H and O–H groups in total. The topological polar surface area (TPSA) is 95.7 Å². The minimum Gasteiger partial charge on any atom is -0.465 e. The first-order valence-electron chi connectivity index (χ1n) is 6.14. The number of carboxylic acid groups (broad SMARTS) is 1. The van der Waals surface area contributed by atoms with Gasteiger partial charge < -0.3 is 21.1 Å². The van der Waals surface area contributed by atoms with E-state index in [1.54, 1.807) is 0 Å². The Hall–Kier alpha value is -2.08. The number of nitrogens with two attached hydrogens (primary N) is 1. The molecule has 1 fully saturated rings. The summed E-state index contributed by atoms with van der Waals surface area (Å²) in [5.41, 5.74) is 6.68. The molecular weight excluding hydrogens is 246 g/mol. The normalized spacial score (nSPS) is 23.6. The van der Waals surface area contributed by atoms with Gasteiger partial charge in [0.2, 0.25) is 5.91 Å². The molecule has 1 aliphatic heterocycles. The number of amides is 2. The Balaban J connectivity index is 2.16. The van der Waals surface area contributed by atoms with E-state index in [9.17, 15) is 14.7 Å². The fourth-order valence-electron chi connectivity index (χ4n) is 2.21. The Bertz CT molecular complexity index is 463. The average Bonchev–Trinajstić information content (AvgIpc) is 2.53. The van der Waals surface area contributed by atoms with Crippen LogP contribution >= 0.6 is 0 Å². The van der Waals surface area contributed by atoms with Crippen LogP contribution in [0.25, 0.3) is 0 Å². The Morgan fingerprint density at radius 2 is 2.11 bits per heavy atom. The molecular formula is C13H17N3O3. The highest BCUT2D eigenvalue weighted by Gasteiger charge is 2.31. The number of benzene rings is 1. The lowest BCUT2D eigenvalue weighted by Crippen LogP contribution is -2.47. The molecule has 6 heteroatoms. The third kappa shape index (κ3) is 3.23. The van der Waals surface area contributed by atoms with Gasteiger partial charge in [-0.2, -0.15) is 0 Å². The highest BCUT2D eigenvalue weighted by atomic mass is 16.4. The van der Waals surface area contributed by atoms with Crippen molar-refractivity contribution in [2.75, 3.05) is 13.1 Å². The molecule has 1 aliphatic rings. The van der Waals surface area contributed by atoms with Gasteiger partial charge in [-0.05, 0) is 12.0 Å². The van der Waals surface area contributed by atoms with Crippen molar-refractivity contribution in [2.24, 2.45) is 5.73 Å². The van der Waals surface area contributed by atoms with Crippen molar-refractivity contribution in [1.29, 1.82) is 0 Å². The molecule has 1 heterocycles. The lowest BCUT2D eigenvalue weighted by Gasteiger charge is -2.27. The molecule has 1 aromatic carbocycles. The lowest BCUT2D eigenvalue weighted by molar-refractivity contribution is -0.121. The SMILES string of the molecule is NC1CN(C(=O)O)C(Cc2ccccc2)CNC1=O. The largest absolute Gasteiger partial charge is 0.465 e. The van der Waals surface area contributed by atoms with Crippen LogP contribution in [0.3, 0.4) is 0 Å². The van der Waals surface area contributed by atoms with Crippen molar-refractivity contribution in [3.8, 4) is 0 Å². The third-order valence-corrected chi connectivity index (χ3v) is 3.24. The van der Waals surface area contributed by atoms with E-state index < -0.39 is 12.1 Å². The quantitative estimate of drug-likeness (QED) is 0.701. The molecule has 102 valence electrons. The highest BCUT2D eigenvalue weighted by Crippen LogP contribution is 2.11. The minimum absolute atomic E-state index is 0.0265. The molecule has 0 spiro atoms. The first-order valence-corrected chi connectivity index (χ1v) is 6.14. The van der Waals surface area contributed by atoms with Crippen molar-refractivity contribution < 1.29 is 14.7 Å². The van der Waals surface area contributed by atoms with E-state index in [1.165, 1.54) is 4.90 Å². The Morgan fingerprint density at radius 1 is 1.42 bits per heavy atom. The zero-order valence-electron chi connectivity index (χ0n) is 10.5. The van der Waals surface area contributed by atoms with Gasteiger partial charge in [0.05, 0.1) is 6.04 Å². The number of hydrogen-bond acceptors (Lipinski definition) is 3. The third-order valence-electron chi connectivity index (χ3n) is 3.24. The zero-order valence-corrected chi connectivity index (χ0v) is 10.5. The van der Waals surface area contributed by atoms with Crippen molar-refractivity contribution in [1.82, 2.24) is 10.2 Å². The second-order valence-corrected chi connectivity index (χ2v) is 4.63. The molecule has 2 atom stereocenters. The summed E-state index contributed by atoms with van der Waals surface area (Å²) >= 11 is 0. The monoisotopic (exact) mass is 263 g/mol. The molecule has 0 bridgehead atoms. The smallest absolute Gasteiger partial charge is 0.407 e. The second-order valence-electron chi connectivity index (χ2n) is 4.63. The molecule has 0 radical (unpaired) electrons. The number of nitrogens with zero attached hydrogens (tertiary/aromatic N) is 1. The fourth-order valence-corrected chi connectivity index (χ4v) is 2.21. The summed E-state index contributed by atoms with van der Waals surface area (Å²) in [7, 11) is 0. The summed E-state index contributed by atoms with van der Waals surface area (Å²) < 4.78 is 0. The molecule has 2 amide bonds. The molecule has 2 rings (SSSR count). The van der Waals surface area contributed by atoms with Gasteiger partial charge in [0.15, 0.2) is 0 Å². The van der Waals surface area contributed by atoms with Crippen LogP contribution in [-0.2, 0) is 11.2 Å². The van der Waals surface area contributed by atoms with Crippen LogP contribution in [0.4, 0.5) is 4.79 Å². The molecule has 0 aliphatic carbocycles. The van der Waals surface area contributed by atoms with Gasteiger partial charge in [0.1, 0.15) is 6.04 Å². The second kappa shape index (κ2) is 5.71. The number of carbonyl (C=O) groups excluding carboxylic acids is 1. The van der Waals surface area contributed by atoms with Gasteiger partial charge in [0, 0.05) is 13.1 Å². The van der Waals surface area contributed by atoms with E-state index >= 15 is 0 Å². The maximum atomic E-state index is 11.5. The van der Waals surface area contributed by atoms with Crippen LogP contribution in [0.1, 0.15) is 5.56 Å². The number of rotatable bonds is 2. The Morgan fingerprint density at radius 3 is 2.74 bits per heavy atom. The standard InChI is InChI=1S/C13H17N3O3/c14-11-8-16(13(18)19)10(7-15-12(11)17)6-9-4-2-1-3-5-9/h1-5,10-11H,6-8,14H2,(H,15,17)(H,18,19). The van der Waals surface area contributed by atoms with Crippen LogP contribution in [0.15, 0.2) is 30.3 Å². The highest BCUT2D eigenvalue weighted by molar-refractivity contribution is 5.83. The van der Waals surface area contributed by atoms with Crippen molar-refractivity contribution in [3.63, 3.8) is 0 Å². The van der Waals surface area contributed by atoms with E-state index in [2.05, 4.69) is 5.32 Å². The van der Waals surface area contributed by atoms with Gasteiger partial charge in [-0.1, -0.05) is 30.3 Å². The molecule has 0 aromatic heterocycles. The summed E-state index contributed by atoms with van der Waals surface area (Å²) in [5.74, 6) is -0.304. The molecule has 1 aromatic rings. The van der Waals surface area contributed by atoms with Crippen LogP contribution in [0.5, 0.6) is 0 Å². The van der Waals surface area contributed by atoms with E-state index in [1.807, 2.05) is 30.3 Å². The molecule has 2 unspecified atom stereocenters. The van der Waals surface area contributed by atoms with Gasteiger partial charge in [-0.3, -0.25) is 4.79 Å². The van der Waals surface area contributed by atoms with Gasteiger partial charge >= 0.3 is 6.09 Å². The molecule has 6 nitrogen and oxygen atoms in total. The van der Waals surface area contributed by atoms with Crippen molar-refractivity contribution in [2.45, 2.75) is 18.5 Å². The van der Waals surface area contributed by atoms with Gasteiger partial charge in [-0.15, -0.1) is 0 Å². The Labute approximate surface area is 111 Å². The van der Waals surface area contributed by atoms with E-state index in [4.69, 9.17) is 5.73 Å². The number of carbonyl (C=O) groups is 2. The van der Waals surface area contributed by atoms with Crippen molar-refractivity contribution in [3.05, 3.63) is 35.9 Å². The average molecular weight is 263 g/mol. The van der Waals surface area contributed by atoms with Crippen LogP contribution in [0, 0.1) is 0 Å². The maximum absolute atomic E-state index is 11.5. The molecule has 1 saturated heterocycles. The Kier molecular flexibility index (Phi) is 4.01. The lowest BCUT2D eigenvalue weighted by atomic mass is 10.0. The number of nitrogens with one attached hydrogen (secondary N) is 1. The van der Waals surface area contributed by atoms with Crippen molar-refractivity contribution >= 4 is 12.0 Å². The first kappa shape index (κ1) is 13.4. The fraction of sp³-hybridized carbons (Fsp3) is 0.385. The first-order chi connectivity index (χ1) is 9.08. The van der Waals surface area contributed by atoms with Crippen LogP contribution in [0.2, 0.25) is 0 Å². The van der Waals surface area contributed by atoms with E-state index in [0.29, 0.717) is 6.42 Å². The predicted molar refractivity (Wildman–Crippen MR) is 69.6 cm³/mol. The molecule has 0 saturated carbocycles. The van der Waals surface area contributed by atoms with Gasteiger partial charge in [0.25, 0.3) is 0 Å². The summed E-state index contributed by atoms with van der Waals surface area (Å²) in [5, 5.41) is 11.9. The minimum atomic E-state index is -1.05. The van der Waals surface area contributed by atoms with E-state index in [-0.39, 0.29) is 25.0 Å². The van der Waals surface area contributed by atoms with E-state index in [0.717, 1.165) is 5.56 Å². The summed E-state index contributed by atoms with van der Waals surface area (Å²) in [6.45, 7) is 0.312. The maximum Gasteiger partial charge on any atom is 0.407 e. The number of hydrogen-bond donors (Lipinski definition) is 3.